The van der Waals surface area contributed by atoms with Gasteiger partial charge < -0.3 is 0 Å². The number of hydrogen-bond acceptors (Lipinski definition) is 7. The van der Waals surface area contributed by atoms with Crippen molar-refractivity contribution < 1.29 is 22.8 Å². The third-order valence-corrected chi connectivity index (χ3v) is 4.29. The molecule has 0 bridgehead atoms. The van der Waals surface area contributed by atoms with Crippen molar-refractivity contribution >= 4 is 16.4 Å². The molecule has 0 aromatic heterocycles. The Bertz CT molecular complexity index is 679. The van der Waals surface area contributed by atoms with Crippen LogP contribution in [0.4, 0.5) is 4.39 Å². The lowest BCUT2D eigenvalue weighted by atomic mass is 10.1. The summed E-state index contributed by atoms with van der Waals surface area (Å²) in [6, 6.07) is 5.45. The number of hydrogen-bond donors (Lipinski definition) is 2. The van der Waals surface area contributed by atoms with Crippen LogP contribution in [0.25, 0.3) is 0 Å². The van der Waals surface area contributed by atoms with E-state index in [9.17, 15) is 17.6 Å². The largest absolute Gasteiger partial charge is 0.311 e. The Balaban J connectivity index is 1.92. The van der Waals surface area contributed by atoms with E-state index in [4.69, 9.17) is 5.21 Å². The van der Waals surface area contributed by atoms with Gasteiger partial charge in [-0.2, -0.15) is 12.8 Å². The molecule has 1 aromatic rings. The molecule has 1 saturated heterocycles. The highest BCUT2D eigenvalue weighted by molar-refractivity contribution is 7.61. The first-order valence-electron chi connectivity index (χ1n) is 7.41. The van der Waals surface area contributed by atoms with E-state index in [1.54, 1.807) is 22.5 Å². The summed E-state index contributed by atoms with van der Waals surface area (Å²) >= 11 is 0. The fraction of sp³-hybridized carbons (Fsp3) is 0.500. The Hall–Kier alpha value is -1.88. The summed E-state index contributed by atoms with van der Waals surface area (Å²) < 4.78 is 37.4. The van der Waals surface area contributed by atoms with Gasteiger partial charge in [0.2, 0.25) is 0 Å². The fourth-order valence-electron chi connectivity index (χ4n) is 2.65. The normalized spacial score (nSPS) is 17.2. The first-order valence-corrected chi connectivity index (χ1v) is 8.44. The standard InChI is InChI=1S/C14H19FN4O4S/c15-12-3-1-11(2-4-12)10-18-5-7-19(8-6-18)13(14(20)17-21)9-16-24(22)23/h1-4,13,21H,5-10H2,(H,17,20). The van der Waals surface area contributed by atoms with Crippen molar-refractivity contribution in [3.8, 4) is 0 Å². The Morgan fingerprint density at radius 3 is 2.42 bits per heavy atom. The molecule has 1 atom stereocenters. The number of nitrogens with one attached hydrogen (secondary N) is 1. The number of piperazine rings is 1. The molecular weight excluding hydrogens is 339 g/mol. The number of amides is 1. The van der Waals surface area contributed by atoms with Crippen LogP contribution in [0.1, 0.15) is 5.56 Å². The van der Waals surface area contributed by atoms with E-state index in [0.717, 1.165) is 5.56 Å². The SMILES string of the molecule is O=C(NO)C(CN=S(=O)=O)N1CCN(Cc2ccc(F)cc2)CC1. The van der Waals surface area contributed by atoms with Crippen LogP contribution in [-0.2, 0) is 21.8 Å². The van der Waals surface area contributed by atoms with E-state index >= 15 is 0 Å². The lowest BCUT2D eigenvalue weighted by molar-refractivity contribution is -0.135. The predicted octanol–water partition coefficient (Wildman–Crippen LogP) is -0.120. The number of carbonyl (C=O) groups excluding carboxylic acids is 1. The third kappa shape index (κ3) is 5.34. The molecule has 1 aromatic carbocycles. The number of nitrogens with zero attached hydrogens (tertiary/aromatic N) is 3. The number of benzene rings is 1. The maximum absolute atomic E-state index is 12.9. The number of halogens is 1. The first kappa shape index (κ1) is 18.5. The molecule has 8 nitrogen and oxygen atoms in total. The molecule has 0 saturated carbocycles. The second kappa shape index (κ2) is 8.83. The summed E-state index contributed by atoms with van der Waals surface area (Å²) in [6.45, 7) is 2.81. The Labute approximate surface area is 140 Å². The highest BCUT2D eigenvalue weighted by Gasteiger charge is 2.29. The van der Waals surface area contributed by atoms with Crippen molar-refractivity contribution in [2.24, 2.45) is 4.36 Å². The molecule has 1 heterocycles. The molecule has 0 spiro atoms. The van der Waals surface area contributed by atoms with Gasteiger partial charge in [0.1, 0.15) is 11.9 Å². The summed E-state index contributed by atoms with van der Waals surface area (Å²) in [6.07, 6.45) is 0. The molecule has 0 aliphatic carbocycles. The molecule has 24 heavy (non-hydrogen) atoms. The zero-order valence-electron chi connectivity index (χ0n) is 12.9. The van der Waals surface area contributed by atoms with Gasteiger partial charge in [-0.05, 0) is 17.7 Å². The monoisotopic (exact) mass is 358 g/mol. The van der Waals surface area contributed by atoms with Crippen molar-refractivity contribution in [3.63, 3.8) is 0 Å². The van der Waals surface area contributed by atoms with Crippen LogP contribution in [0.5, 0.6) is 0 Å². The van der Waals surface area contributed by atoms with E-state index < -0.39 is 22.4 Å². The minimum absolute atomic E-state index is 0.236. The van der Waals surface area contributed by atoms with Crippen LogP contribution in [-0.4, -0.2) is 68.1 Å². The molecule has 2 rings (SSSR count). The van der Waals surface area contributed by atoms with Gasteiger partial charge in [0, 0.05) is 32.7 Å². The Morgan fingerprint density at radius 2 is 1.88 bits per heavy atom. The van der Waals surface area contributed by atoms with E-state index in [1.165, 1.54) is 12.1 Å². The molecule has 1 fully saturated rings. The first-order chi connectivity index (χ1) is 11.5. The lowest BCUT2D eigenvalue weighted by Crippen LogP contribution is -2.55. The van der Waals surface area contributed by atoms with E-state index in [1.807, 2.05) is 0 Å². The summed E-state index contributed by atoms with van der Waals surface area (Å²) in [7, 11) is -2.60. The molecule has 2 N–H and O–H groups in total. The summed E-state index contributed by atoms with van der Waals surface area (Å²) in [5, 5.41) is 8.81. The minimum Gasteiger partial charge on any atom is -0.297 e. The Morgan fingerprint density at radius 1 is 1.25 bits per heavy atom. The van der Waals surface area contributed by atoms with Crippen LogP contribution in [0.3, 0.4) is 0 Å². The van der Waals surface area contributed by atoms with Crippen LogP contribution in [0.2, 0.25) is 0 Å². The van der Waals surface area contributed by atoms with E-state index in [0.29, 0.717) is 32.7 Å². The van der Waals surface area contributed by atoms with Gasteiger partial charge in [0.05, 0.1) is 6.54 Å². The van der Waals surface area contributed by atoms with Crippen LogP contribution < -0.4 is 5.48 Å². The molecule has 1 amide bonds. The topological polar surface area (TPSA) is 102 Å². The van der Waals surface area contributed by atoms with Gasteiger partial charge in [-0.3, -0.25) is 19.8 Å². The number of hydroxylamine groups is 1. The van der Waals surface area contributed by atoms with Gasteiger partial charge >= 0.3 is 10.5 Å². The molecule has 10 heteroatoms. The smallest absolute Gasteiger partial charge is 0.297 e. The van der Waals surface area contributed by atoms with Crippen LogP contribution >= 0.6 is 0 Å². The number of carbonyl (C=O) groups is 1. The van der Waals surface area contributed by atoms with Crippen LogP contribution in [0.15, 0.2) is 28.6 Å². The second-order valence-electron chi connectivity index (χ2n) is 5.46. The van der Waals surface area contributed by atoms with Gasteiger partial charge in [-0.1, -0.05) is 12.1 Å². The van der Waals surface area contributed by atoms with Crippen molar-refractivity contribution in [3.05, 3.63) is 35.6 Å². The summed E-state index contributed by atoms with van der Waals surface area (Å²) in [5.41, 5.74) is 2.54. The van der Waals surface area contributed by atoms with Gasteiger partial charge in [-0.25, -0.2) is 9.87 Å². The van der Waals surface area contributed by atoms with Gasteiger partial charge in [0.15, 0.2) is 0 Å². The number of rotatable bonds is 6. The van der Waals surface area contributed by atoms with Crippen molar-refractivity contribution in [1.82, 2.24) is 15.3 Å². The quantitative estimate of drug-likeness (QED) is 0.543. The zero-order chi connectivity index (χ0) is 17.5. The maximum atomic E-state index is 12.9. The van der Waals surface area contributed by atoms with E-state index in [2.05, 4.69) is 9.26 Å². The van der Waals surface area contributed by atoms with Gasteiger partial charge in [0.25, 0.3) is 5.91 Å². The molecule has 132 valence electrons. The zero-order valence-corrected chi connectivity index (χ0v) is 13.7. The Kier molecular flexibility index (Phi) is 6.79. The van der Waals surface area contributed by atoms with Crippen LogP contribution in [0, 0.1) is 5.82 Å². The maximum Gasteiger partial charge on any atom is 0.311 e. The average molecular weight is 358 g/mol. The molecule has 1 aliphatic rings. The molecule has 1 unspecified atom stereocenters. The van der Waals surface area contributed by atoms with Crippen molar-refractivity contribution in [2.75, 3.05) is 32.7 Å². The highest BCUT2D eigenvalue weighted by atomic mass is 32.2. The lowest BCUT2D eigenvalue weighted by Gasteiger charge is -2.37. The average Bonchev–Trinajstić information content (AvgIpc) is 2.58. The molecule has 0 radical (unpaired) electrons. The third-order valence-electron chi connectivity index (χ3n) is 3.93. The molecular formula is C14H19FN4O4S. The van der Waals surface area contributed by atoms with Crippen molar-refractivity contribution in [2.45, 2.75) is 12.6 Å². The summed E-state index contributed by atoms with van der Waals surface area (Å²) in [4.78, 5) is 15.6. The predicted molar refractivity (Wildman–Crippen MR) is 83.2 cm³/mol. The fourth-order valence-corrected chi connectivity index (χ4v) is 2.91. The highest BCUT2D eigenvalue weighted by Crippen LogP contribution is 2.12. The summed E-state index contributed by atoms with van der Waals surface area (Å²) in [5.74, 6) is -0.961. The van der Waals surface area contributed by atoms with Gasteiger partial charge in [-0.15, -0.1) is 0 Å². The van der Waals surface area contributed by atoms with E-state index in [-0.39, 0.29) is 12.4 Å². The minimum atomic E-state index is -2.60. The van der Waals surface area contributed by atoms with Crippen molar-refractivity contribution in [1.29, 1.82) is 0 Å². The second-order valence-corrected chi connectivity index (χ2v) is 6.15. The molecule has 1 aliphatic heterocycles.